The number of primary amides is 1. The molecule has 2 heterocycles. The van der Waals surface area contributed by atoms with Crippen molar-refractivity contribution in [3.8, 4) is 0 Å². The van der Waals surface area contributed by atoms with E-state index in [1.165, 1.54) is 9.80 Å². The fourth-order valence-corrected chi connectivity index (χ4v) is 2.60. The molecule has 3 N–H and O–H groups in total. The van der Waals surface area contributed by atoms with Gasteiger partial charge in [-0.05, 0) is 12.8 Å². The van der Waals surface area contributed by atoms with Crippen LogP contribution in [0.15, 0.2) is 0 Å². The number of amides is 3. The number of nitrogens with two attached hydrogens (primary N) is 1. The van der Waals surface area contributed by atoms with Crippen LogP contribution in [-0.2, 0) is 14.3 Å². The van der Waals surface area contributed by atoms with Crippen LogP contribution in [0.1, 0.15) is 12.8 Å². The molecule has 0 aromatic heterocycles. The van der Waals surface area contributed by atoms with E-state index in [4.69, 9.17) is 15.6 Å². The lowest BCUT2D eigenvalue weighted by atomic mass is 9.98. The number of hydrogen-bond donors (Lipinski definition) is 2. The van der Waals surface area contributed by atoms with Crippen LogP contribution in [0.5, 0.6) is 0 Å². The molecule has 0 bridgehead atoms. The van der Waals surface area contributed by atoms with Gasteiger partial charge in [-0.25, -0.2) is 4.79 Å². The van der Waals surface area contributed by atoms with Gasteiger partial charge in [0.2, 0.25) is 5.91 Å². The van der Waals surface area contributed by atoms with E-state index in [0.717, 1.165) is 0 Å². The predicted molar refractivity (Wildman–Crippen MR) is 67.8 cm³/mol. The van der Waals surface area contributed by atoms with E-state index in [1.807, 2.05) is 0 Å². The summed E-state index contributed by atoms with van der Waals surface area (Å²) < 4.78 is 5.16. The number of carboxylic acid groups (broad SMARTS) is 1. The minimum absolute atomic E-state index is 0.0945. The number of ether oxygens (including phenoxy) is 1. The second-order valence-corrected chi connectivity index (χ2v) is 5.09. The Kier molecular flexibility index (Phi) is 4.43. The number of carbonyl (C=O) groups excluding carboxylic acids is 2. The number of morpholine rings is 1. The maximum absolute atomic E-state index is 12.4. The molecule has 2 rings (SSSR count). The lowest BCUT2D eigenvalue weighted by molar-refractivity contribution is -0.143. The van der Waals surface area contributed by atoms with Crippen molar-refractivity contribution < 1.29 is 24.2 Å². The summed E-state index contributed by atoms with van der Waals surface area (Å²) in [6.07, 6.45) is 1.22. The minimum Gasteiger partial charge on any atom is -0.481 e. The summed E-state index contributed by atoms with van der Waals surface area (Å²) in [5, 5.41) is 9.04. The Morgan fingerprint density at radius 2 is 2.00 bits per heavy atom. The van der Waals surface area contributed by atoms with Crippen molar-refractivity contribution in [2.24, 2.45) is 11.7 Å². The van der Waals surface area contributed by atoms with Gasteiger partial charge in [-0.3, -0.25) is 9.59 Å². The second-order valence-electron chi connectivity index (χ2n) is 5.09. The van der Waals surface area contributed by atoms with E-state index < -0.39 is 23.8 Å². The van der Waals surface area contributed by atoms with Crippen molar-refractivity contribution >= 4 is 17.9 Å². The van der Waals surface area contributed by atoms with E-state index in [-0.39, 0.29) is 19.2 Å². The number of nitrogens with zero attached hydrogens (tertiary/aromatic N) is 2. The molecule has 2 aliphatic heterocycles. The van der Waals surface area contributed by atoms with Gasteiger partial charge in [0, 0.05) is 19.6 Å². The molecular weight excluding hydrogens is 266 g/mol. The number of piperidine rings is 1. The van der Waals surface area contributed by atoms with Gasteiger partial charge in [0.15, 0.2) is 0 Å². The van der Waals surface area contributed by atoms with Crippen LogP contribution in [0.3, 0.4) is 0 Å². The van der Waals surface area contributed by atoms with Crippen molar-refractivity contribution in [3.63, 3.8) is 0 Å². The van der Waals surface area contributed by atoms with E-state index in [1.54, 1.807) is 0 Å². The summed E-state index contributed by atoms with van der Waals surface area (Å²) in [7, 11) is 0. The van der Waals surface area contributed by atoms with Crippen LogP contribution in [0.25, 0.3) is 0 Å². The highest BCUT2D eigenvalue weighted by Gasteiger charge is 2.36. The Balaban J connectivity index is 2.05. The van der Waals surface area contributed by atoms with Crippen molar-refractivity contribution in [2.45, 2.75) is 18.9 Å². The summed E-state index contributed by atoms with van der Waals surface area (Å²) in [6.45, 7) is 1.42. The fourth-order valence-electron chi connectivity index (χ4n) is 2.60. The molecule has 2 aliphatic rings. The molecule has 2 saturated heterocycles. The third-order valence-electron chi connectivity index (χ3n) is 3.74. The van der Waals surface area contributed by atoms with Gasteiger partial charge in [0.1, 0.15) is 6.04 Å². The Hall–Kier alpha value is -1.83. The molecule has 2 atom stereocenters. The third kappa shape index (κ3) is 3.01. The molecule has 20 heavy (non-hydrogen) atoms. The summed E-state index contributed by atoms with van der Waals surface area (Å²) in [4.78, 5) is 37.7. The molecule has 112 valence electrons. The Morgan fingerprint density at radius 3 is 2.65 bits per heavy atom. The average Bonchev–Trinajstić information content (AvgIpc) is 2.46. The van der Waals surface area contributed by atoms with Crippen molar-refractivity contribution in [1.82, 2.24) is 9.80 Å². The number of urea groups is 1. The molecule has 2 fully saturated rings. The maximum atomic E-state index is 12.4. The summed E-state index contributed by atoms with van der Waals surface area (Å²) >= 11 is 0. The first-order valence-corrected chi connectivity index (χ1v) is 6.66. The average molecular weight is 285 g/mol. The molecule has 0 saturated carbocycles. The molecule has 8 heteroatoms. The zero-order valence-electron chi connectivity index (χ0n) is 11.2. The maximum Gasteiger partial charge on any atom is 0.320 e. The zero-order valence-corrected chi connectivity index (χ0v) is 11.2. The highest BCUT2D eigenvalue weighted by atomic mass is 16.5. The molecule has 0 aromatic carbocycles. The van der Waals surface area contributed by atoms with Gasteiger partial charge in [0.25, 0.3) is 0 Å². The largest absolute Gasteiger partial charge is 0.481 e. The molecule has 0 aromatic rings. The molecule has 1 unspecified atom stereocenters. The van der Waals surface area contributed by atoms with Crippen LogP contribution in [-0.4, -0.2) is 71.7 Å². The second kappa shape index (κ2) is 6.08. The van der Waals surface area contributed by atoms with Crippen molar-refractivity contribution in [3.05, 3.63) is 0 Å². The first-order valence-electron chi connectivity index (χ1n) is 6.66. The first-order chi connectivity index (χ1) is 9.50. The van der Waals surface area contributed by atoms with Crippen molar-refractivity contribution in [2.75, 3.05) is 32.8 Å². The highest BCUT2D eigenvalue weighted by molar-refractivity contribution is 5.86. The van der Waals surface area contributed by atoms with Gasteiger partial charge in [-0.2, -0.15) is 0 Å². The summed E-state index contributed by atoms with van der Waals surface area (Å²) in [5.41, 5.74) is 5.27. The van der Waals surface area contributed by atoms with E-state index in [9.17, 15) is 14.4 Å². The van der Waals surface area contributed by atoms with Crippen LogP contribution in [0, 0.1) is 5.92 Å². The number of carboxylic acids is 1. The van der Waals surface area contributed by atoms with E-state index in [2.05, 4.69) is 0 Å². The summed E-state index contributed by atoms with van der Waals surface area (Å²) in [6, 6.07) is -1.11. The molecule has 0 aliphatic carbocycles. The SMILES string of the molecule is NC(=O)C1COCCN1C(=O)N1CCC[C@H](C(=O)O)C1. The fraction of sp³-hybridized carbons (Fsp3) is 0.750. The summed E-state index contributed by atoms with van der Waals surface area (Å²) in [5.74, 6) is -2.04. The molecule has 0 spiro atoms. The van der Waals surface area contributed by atoms with Crippen LogP contribution < -0.4 is 5.73 Å². The number of carbonyl (C=O) groups is 3. The van der Waals surface area contributed by atoms with Crippen LogP contribution >= 0.6 is 0 Å². The molecule has 8 nitrogen and oxygen atoms in total. The Labute approximate surface area is 116 Å². The third-order valence-corrected chi connectivity index (χ3v) is 3.74. The van der Waals surface area contributed by atoms with Gasteiger partial charge in [-0.1, -0.05) is 0 Å². The van der Waals surface area contributed by atoms with E-state index >= 15 is 0 Å². The normalized spacial score (nSPS) is 27.2. The van der Waals surface area contributed by atoms with Gasteiger partial charge < -0.3 is 25.4 Å². The monoisotopic (exact) mass is 285 g/mol. The predicted octanol–water partition coefficient (Wildman–Crippen LogP) is -0.911. The van der Waals surface area contributed by atoms with Gasteiger partial charge in [0.05, 0.1) is 19.1 Å². The molecule has 3 amide bonds. The van der Waals surface area contributed by atoms with E-state index in [0.29, 0.717) is 32.5 Å². The zero-order chi connectivity index (χ0) is 14.7. The standard InChI is InChI=1S/C12H19N3O5/c13-10(16)9-7-20-5-4-15(9)12(19)14-3-1-2-8(6-14)11(17)18/h8-9H,1-7H2,(H2,13,16)(H,17,18)/t8-,9?/m0/s1. The topological polar surface area (TPSA) is 113 Å². The molecule has 0 radical (unpaired) electrons. The Morgan fingerprint density at radius 1 is 1.25 bits per heavy atom. The van der Waals surface area contributed by atoms with Crippen LogP contribution in [0.2, 0.25) is 0 Å². The quantitative estimate of drug-likeness (QED) is 0.682. The van der Waals surface area contributed by atoms with Crippen molar-refractivity contribution in [1.29, 1.82) is 0 Å². The van der Waals surface area contributed by atoms with Gasteiger partial charge >= 0.3 is 12.0 Å². The van der Waals surface area contributed by atoms with Crippen LogP contribution in [0.4, 0.5) is 4.79 Å². The number of rotatable bonds is 2. The first kappa shape index (κ1) is 14.6. The number of hydrogen-bond acceptors (Lipinski definition) is 4. The lowest BCUT2D eigenvalue weighted by Gasteiger charge is -2.39. The van der Waals surface area contributed by atoms with Gasteiger partial charge in [-0.15, -0.1) is 0 Å². The number of aliphatic carboxylic acids is 1. The smallest absolute Gasteiger partial charge is 0.320 e. The highest BCUT2D eigenvalue weighted by Crippen LogP contribution is 2.19. The molecular formula is C12H19N3O5. The number of likely N-dealkylation sites (tertiary alicyclic amines) is 1. The Bertz CT molecular complexity index is 414. The minimum atomic E-state index is -0.893. The lowest BCUT2D eigenvalue weighted by Crippen LogP contribution is -2.59.